The summed E-state index contributed by atoms with van der Waals surface area (Å²) in [5.41, 5.74) is 1.96. The molecule has 2 fully saturated rings. The lowest BCUT2D eigenvalue weighted by atomic mass is 10.00. The predicted octanol–water partition coefficient (Wildman–Crippen LogP) is 3.31. The summed E-state index contributed by atoms with van der Waals surface area (Å²) in [7, 11) is 0. The molecule has 0 radical (unpaired) electrons. The van der Waals surface area contributed by atoms with Crippen molar-refractivity contribution < 1.29 is 4.74 Å². The van der Waals surface area contributed by atoms with E-state index in [4.69, 9.17) is 9.72 Å². The van der Waals surface area contributed by atoms with Crippen molar-refractivity contribution in [1.82, 2.24) is 24.5 Å². The van der Waals surface area contributed by atoms with Crippen LogP contribution < -0.4 is 10.2 Å². The zero-order valence-electron chi connectivity index (χ0n) is 16.3. The Morgan fingerprint density at radius 3 is 2.93 bits per heavy atom. The van der Waals surface area contributed by atoms with E-state index in [1.165, 1.54) is 0 Å². The number of anilines is 3. The van der Waals surface area contributed by atoms with Crippen molar-refractivity contribution in [2.24, 2.45) is 0 Å². The van der Waals surface area contributed by atoms with Gasteiger partial charge in [0.1, 0.15) is 17.2 Å². The quantitative estimate of drug-likeness (QED) is 0.745. The number of pyridine rings is 1. The first-order valence-electron chi connectivity index (χ1n) is 9.93. The highest BCUT2D eigenvalue weighted by atomic mass is 16.5. The molecule has 5 heterocycles. The highest BCUT2D eigenvalue weighted by Crippen LogP contribution is 2.36. The number of nitrogens with zero attached hydrogens (tertiary/aromatic N) is 6. The SMILES string of the molecule is CC(C)n1cnc2cnc(Nc3ccnc(N4CCC5(CCCO5)C4)n3)cc21. The van der Waals surface area contributed by atoms with Crippen molar-refractivity contribution in [2.75, 3.05) is 29.9 Å². The number of rotatable bonds is 4. The van der Waals surface area contributed by atoms with Gasteiger partial charge in [0.2, 0.25) is 5.95 Å². The van der Waals surface area contributed by atoms with Crippen molar-refractivity contribution in [3.63, 3.8) is 0 Å². The Bertz CT molecular complexity index is 993. The third-order valence-corrected chi connectivity index (χ3v) is 5.70. The zero-order chi connectivity index (χ0) is 19.1. The molecule has 0 saturated carbocycles. The number of imidazole rings is 1. The third kappa shape index (κ3) is 3.07. The zero-order valence-corrected chi connectivity index (χ0v) is 16.3. The van der Waals surface area contributed by atoms with E-state index < -0.39 is 0 Å². The Labute approximate surface area is 164 Å². The van der Waals surface area contributed by atoms with E-state index in [0.29, 0.717) is 6.04 Å². The molecule has 2 saturated heterocycles. The van der Waals surface area contributed by atoms with Gasteiger partial charge in [-0.3, -0.25) is 0 Å². The standard InChI is InChI=1S/C20H25N7O/c1-14(2)27-13-23-15-11-22-18(10-16(15)27)24-17-4-7-21-19(25-17)26-8-6-20(12-26)5-3-9-28-20/h4,7,10-11,13-14H,3,5-6,8-9,12H2,1-2H3,(H,21,22,24,25). The molecule has 0 aliphatic carbocycles. The van der Waals surface area contributed by atoms with Crippen molar-refractivity contribution in [2.45, 2.75) is 44.8 Å². The van der Waals surface area contributed by atoms with Crippen LogP contribution in [0.5, 0.6) is 0 Å². The lowest BCUT2D eigenvalue weighted by Gasteiger charge is -2.23. The maximum atomic E-state index is 6.01. The first kappa shape index (κ1) is 17.4. The summed E-state index contributed by atoms with van der Waals surface area (Å²) in [6.45, 7) is 6.96. The van der Waals surface area contributed by atoms with Crippen LogP contribution >= 0.6 is 0 Å². The Balaban J connectivity index is 1.37. The fourth-order valence-corrected chi connectivity index (χ4v) is 4.20. The lowest BCUT2D eigenvalue weighted by molar-refractivity contribution is 0.0231. The van der Waals surface area contributed by atoms with Crippen LogP contribution in [0.3, 0.4) is 0 Å². The van der Waals surface area contributed by atoms with Crippen LogP contribution in [0.15, 0.2) is 30.9 Å². The summed E-state index contributed by atoms with van der Waals surface area (Å²) in [6.07, 6.45) is 8.78. The lowest BCUT2D eigenvalue weighted by Crippen LogP contribution is -2.33. The van der Waals surface area contributed by atoms with Crippen LogP contribution in [0.2, 0.25) is 0 Å². The molecule has 0 bridgehead atoms. The van der Waals surface area contributed by atoms with E-state index in [1.54, 1.807) is 12.4 Å². The predicted molar refractivity (Wildman–Crippen MR) is 108 cm³/mol. The number of hydrogen-bond donors (Lipinski definition) is 1. The summed E-state index contributed by atoms with van der Waals surface area (Å²) in [5.74, 6) is 2.22. The summed E-state index contributed by atoms with van der Waals surface area (Å²) in [6, 6.07) is 4.22. The average molecular weight is 379 g/mol. The molecule has 0 aromatic carbocycles. The highest BCUT2D eigenvalue weighted by Gasteiger charge is 2.42. The summed E-state index contributed by atoms with van der Waals surface area (Å²) < 4.78 is 8.15. The van der Waals surface area contributed by atoms with E-state index >= 15 is 0 Å². The number of nitrogens with one attached hydrogen (secondary N) is 1. The largest absolute Gasteiger partial charge is 0.373 e. The minimum Gasteiger partial charge on any atom is -0.373 e. The number of fused-ring (bicyclic) bond motifs is 1. The molecule has 2 aliphatic heterocycles. The van der Waals surface area contributed by atoms with Crippen molar-refractivity contribution in [3.8, 4) is 0 Å². The minimum absolute atomic E-state index is 0.00857. The molecule has 1 N–H and O–H groups in total. The van der Waals surface area contributed by atoms with Gasteiger partial charge < -0.3 is 19.5 Å². The normalized spacial score (nSPS) is 22.0. The molecule has 3 aromatic rings. The number of aromatic nitrogens is 5. The molecule has 5 rings (SSSR count). The van der Waals surface area contributed by atoms with Gasteiger partial charge >= 0.3 is 0 Å². The van der Waals surface area contributed by atoms with E-state index in [0.717, 1.165) is 67.6 Å². The van der Waals surface area contributed by atoms with Gasteiger partial charge in [-0.25, -0.2) is 15.0 Å². The molecular formula is C20H25N7O. The molecule has 2 aliphatic rings. The van der Waals surface area contributed by atoms with Crippen LogP contribution in [0.1, 0.15) is 39.2 Å². The smallest absolute Gasteiger partial charge is 0.227 e. The van der Waals surface area contributed by atoms with Crippen LogP contribution in [0.25, 0.3) is 11.0 Å². The maximum absolute atomic E-state index is 6.01. The summed E-state index contributed by atoms with van der Waals surface area (Å²) in [4.78, 5) is 20.3. The van der Waals surface area contributed by atoms with Gasteiger partial charge in [0, 0.05) is 38.0 Å². The van der Waals surface area contributed by atoms with Crippen molar-refractivity contribution >= 4 is 28.6 Å². The van der Waals surface area contributed by atoms with Gasteiger partial charge in [0.15, 0.2) is 0 Å². The number of hydrogen-bond acceptors (Lipinski definition) is 7. The fourth-order valence-electron chi connectivity index (χ4n) is 4.20. The minimum atomic E-state index is 0.00857. The van der Waals surface area contributed by atoms with E-state index in [9.17, 15) is 0 Å². The first-order valence-corrected chi connectivity index (χ1v) is 9.93. The van der Waals surface area contributed by atoms with Crippen molar-refractivity contribution in [3.05, 3.63) is 30.9 Å². The molecule has 146 valence electrons. The molecule has 1 atom stereocenters. The molecule has 28 heavy (non-hydrogen) atoms. The average Bonchev–Trinajstić information content (AvgIpc) is 3.43. The van der Waals surface area contributed by atoms with Crippen LogP contribution in [-0.4, -0.2) is 49.8 Å². The Morgan fingerprint density at radius 1 is 1.18 bits per heavy atom. The Morgan fingerprint density at radius 2 is 2.11 bits per heavy atom. The van der Waals surface area contributed by atoms with Crippen molar-refractivity contribution in [1.29, 1.82) is 0 Å². The second kappa shape index (κ2) is 6.70. The molecule has 0 amide bonds. The highest BCUT2D eigenvalue weighted by molar-refractivity contribution is 5.78. The second-order valence-electron chi connectivity index (χ2n) is 7.98. The fraction of sp³-hybridized carbons (Fsp3) is 0.500. The van der Waals surface area contributed by atoms with E-state index in [1.807, 2.05) is 18.5 Å². The topological polar surface area (TPSA) is 81.0 Å². The summed E-state index contributed by atoms with van der Waals surface area (Å²) in [5, 5.41) is 3.32. The molecule has 1 spiro atoms. The summed E-state index contributed by atoms with van der Waals surface area (Å²) >= 11 is 0. The number of ether oxygens (including phenoxy) is 1. The molecule has 1 unspecified atom stereocenters. The van der Waals surface area contributed by atoms with Gasteiger partial charge in [0.25, 0.3) is 0 Å². The molecule has 3 aromatic heterocycles. The Kier molecular flexibility index (Phi) is 4.16. The van der Waals surface area contributed by atoms with Gasteiger partial charge in [-0.15, -0.1) is 0 Å². The van der Waals surface area contributed by atoms with Crippen LogP contribution in [0.4, 0.5) is 17.6 Å². The first-order chi connectivity index (χ1) is 13.6. The molecular weight excluding hydrogens is 354 g/mol. The van der Waals surface area contributed by atoms with E-state index in [2.05, 4.69) is 43.6 Å². The van der Waals surface area contributed by atoms with Gasteiger partial charge in [-0.2, -0.15) is 4.98 Å². The van der Waals surface area contributed by atoms with Gasteiger partial charge in [-0.1, -0.05) is 0 Å². The van der Waals surface area contributed by atoms with Gasteiger partial charge in [0.05, 0.1) is 23.6 Å². The monoisotopic (exact) mass is 379 g/mol. The van der Waals surface area contributed by atoms with Crippen LogP contribution in [0, 0.1) is 0 Å². The Hall–Kier alpha value is -2.74. The molecule has 8 nitrogen and oxygen atoms in total. The second-order valence-corrected chi connectivity index (χ2v) is 7.98. The van der Waals surface area contributed by atoms with Crippen LogP contribution in [-0.2, 0) is 4.74 Å². The molecule has 8 heteroatoms. The maximum Gasteiger partial charge on any atom is 0.227 e. The van der Waals surface area contributed by atoms with Gasteiger partial charge in [-0.05, 0) is 39.2 Å². The van der Waals surface area contributed by atoms with E-state index in [-0.39, 0.29) is 5.60 Å². The third-order valence-electron chi connectivity index (χ3n) is 5.70.